The van der Waals surface area contributed by atoms with Crippen molar-refractivity contribution in [3.8, 4) is 24.3 Å². The SMILES string of the molecule is N#Cc1c(C#N)c(C#N)c2c(c1C#N)c1cccnc1c1c3ccccc3c3ccccc3c21. The summed E-state index contributed by atoms with van der Waals surface area (Å²) in [5.41, 5.74) is 0.717. The summed E-state index contributed by atoms with van der Waals surface area (Å²) in [6, 6.07) is 27.9. The molecule has 0 radical (unpaired) electrons. The molecule has 0 fully saturated rings. The van der Waals surface area contributed by atoms with Gasteiger partial charge < -0.3 is 0 Å². The number of nitrogens with zero attached hydrogens (tertiary/aromatic N) is 5. The molecule has 34 heavy (non-hydrogen) atoms. The van der Waals surface area contributed by atoms with Crippen molar-refractivity contribution >= 4 is 54.0 Å². The lowest BCUT2D eigenvalue weighted by Gasteiger charge is -2.18. The lowest BCUT2D eigenvalue weighted by atomic mass is 9.83. The van der Waals surface area contributed by atoms with E-state index in [2.05, 4.69) is 18.2 Å². The summed E-state index contributed by atoms with van der Waals surface area (Å²) in [6.07, 6.45) is 1.70. The van der Waals surface area contributed by atoms with Crippen molar-refractivity contribution in [1.29, 1.82) is 21.0 Å². The van der Waals surface area contributed by atoms with Crippen LogP contribution in [0.5, 0.6) is 0 Å². The molecule has 0 aliphatic carbocycles. The van der Waals surface area contributed by atoms with Crippen LogP contribution in [0.4, 0.5) is 0 Å². The molecule has 0 unspecified atom stereocenters. The van der Waals surface area contributed by atoms with Crippen LogP contribution in [-0.2, 0) is 0 Å². The molecule has 0 amide bonds. The predicted octanol–water partition coefficient (Wildman–Crippen LogP) is 6.33. The zero-order valence-corrected chi connectivity index (χ0v) is 17.6. The lowest BCUT2D eigenvalue weighted by Crippen LogP contribution is -2.00. The standard InChI is InChI=1S/C29H11N5/c30-12-21-22(13-31)24(15-33)27-25(23(21)14-32)20-10-5-11-34-29(20)28-19-9-4-2-7-17(19)16-6-1-3-8-18(16)26(27)28/h1-11H. The molecule has 6 rings (SSSR count). The van der Waals surface area contributed by atoms with Gasteiger partial charge >= 0.3 is 0 Å². The van der Waals surface area contributed by atoms with E-state index in [1.807, 2.05) is 60.7 Å². The Kier molecular flexibility index (Phi) is 3.96. The summed E-state index contributed by atoms with van der Waals surface area (Å²) in [7, 11) is 0. The van der Waals surface area contributed by atoms with Gasteiger partial charge in [-0.1, -0.05) is 54.6 Å². The predicted molar refractivity (Wildman–Crippen MR) is 131 cm³/mol. The van der Waals surface area contributed by atoms with Crippen molar-refractivity contribution in [3.63, 3.8) is 0 Å². The highest BCUT2D eigenvalue weighted by molar-refractivity contribution is 6.40. The Hall–Kier alpha value is -5.49. The van der Waals surface area contributed by atoms with Crippen molar-refractivity contribution < 1.29 is 0 Å². The lowest BCUT2D eigenvalue weighted by molar-refractivity contribution is 1.39. The zero-order valence-electron chi connectivity index (χ0n) is 17.6. The monoisotopic (exact) mass is 429 g/mol. The molecule has 6 aromatic rings. The molecule has 0 saturated carbocycles. The van der Waals surface area contributed by atoms with Gasteiger partial charge in [0.1, 0.15) is 24.3 Å². The molecule has 152 valence electrons. The molecule has 5 nitrogen and oxygen atoms in total. The van der Waals surface area contributed by atoms with Crippen LogP contribution in [0.3, 0.4) is 0 Å². The third kappa shape index (κ3) is 2.25. The molecule has 0 aliphatic rings. The minimum absolute atomic E-state index is 0.0733. The molecule has 0 bridgehead atoms. The Morgan fingerprint density at radius 3 is 1.47 bits per heavy atom. The highest BCUT2D eigenvalue weighted by Gasteiger charge is 2.26. The van der Waals surface area contributed by atoms with Gasteiger partial charge in [-0.25, -0.2) is 0 Å². The molecule has 5 heteroatoms. The number of benzene rings is 5. The second-order valence-corrected chi connectivity index (χ2v) is 7.94. The third-order valence-corrected chi connectivity index (χ3v) is 6.44. The second-order valence-electron chi connectivity index (χ2n) is 7.94. The molecule has 5 aromatic carbocycles. The minimum Gasteiger partial charge on any atom is -0.256 e. The van der Waals surface area contributed by atoms with E-state index in [9.17, 15) is 21.0 Å². The third-order valence-electron chi connectivity index (χ3n) is 6.44. The van der Waals surface area contributed by atoms with Gasteiger partial charge in [-0.15, -0.1) is 0 Å². The molecule has 1 heterocycles. The Morgan fingerprint density at radius 1 is 0.441 bits per heavy atom. The Morgan fingerprint density at radius 2 is 0.912 bits per heavy atom. The first-order chi connectivity index (χ1) is 16.7. The van der Waals surface area contributed by atoms with Gasteiger partial charge in [-0.05, 0) is 27.6 Å². The van der Waals surface area contributed by atoms with Crippen LogP contribution in [0, 0.1) is 45.3 Å². The fourth-order valence-corrected chi connectivity index (χ4v) is 5.17. The number of hydrogen-bond acceptors (Lipinski definition) is 5. The van der Waals surface area contributed by atoms with Gasteiger partial charge in [0.2, 0.25) is 0 Å². The fraction of sp³-hybridized carbons (Fsp3) is 0. The summed E-state index contributed by atoms with van der Waals surface area (Å²) < 4.78 is 0. The number of rotatable bonds is 0. The Balaban J connectivity index is 2.19. The van der Waals surface area contributed by atoms with Crippen molar-refractivity contribution in [2.45, 2.75) is 0 Å². The second kappa shape index (κ2) is 7.01. The normalized spacial score (nSPS) is 10.8. The average molecular weight is 429 g/mol. The van der Waals surface area contributed by atoms with E-state index in [-0.39, 0.29) is 22.3 Å². The smallest absolute Gasteiger partial charge is 0.102 e. The Bertz CT molecular complexity index is 2050. The van der Waals surface area contributed by atoms with Gasteiger partial charge in [0.15, 0.2) is 0 Å². The molecular formula is C29H11N5. The molecule has 0 aliphatic heterocycles. The van der Waals surface area contributed by atoms with E-state index in [0.29, 0.717) is 21.7 Å². The van der Waals surface area contributed by atoms with Crippen LogP contribution in [0.1, 0.15) is 22.3 Å². The molecule has 1 aromatic heterocycles. The van der Waals surface area contributed by atoms with Crippen LogP contribution in [0.2, 0.25) is 0 Å². The summed E-state index contributed by atoms with van der Waals surface area (Å²) in [6.45, 7) is 0. The highest BCUT2D eigenvalue weighted by Crippen LogP contribution is 2.46. The van der Waals surface area contributed by atoms with Gasteiger partial charge in [0.05, 0.1) is 27.8 Å². The zero-order chi connectivity index (χ0) is 23.4. The largest absolute Gasteiger partial charge is 0.256 e. The van der Waals surface area contributed by atoms with Gasteiger partial charge in [-0.2, -0.15) is 21.0 Å². The van der Waals surface area contributed by atoms with E-state index in [4.69, 9.17) is 4.98 Å². The average Bonchev–Trinajstić information content (AvgIpc) is 2.91. The van der Waals surface area contributed by atoms with Crippen LogP contribution < -0.4 is 0 Å². The van der Waals surface area contributed by atoms with Crippen molar-refractivity contribution in [2.75, 3.05) is 0 Å². The molecule has 0 spiro atoms. The number of fused-ring (bicyclic) bond motifs is 11. The summed E-state index contributed by atoms with van der Waals surface area (Å²) >= 11 is 0. The van der Waals surface area contributed by atoms with Crippen LogP contribution in [0.25, 0.3) is 54.0 Å². The maximum absolute atomic E-state index is 10.2. The molecular weight excluding hydrogens is 418 g/mol. The quantitative estimate of drug-likeness (QED) is 0.262. The summed E-state index contributed by atoms with van der Waals surface area (Å²) in [4.78, 5) is 4.71. The van der Waals surface area contributed by atoms with E-state index in [1.165, 1.54) is 0 Å². The van der Waals surface area contributed by atoms with Gasteiger partial charge in [-0.3, -0.25) is 4.98 Å². The van der Waals surface area contributed by atoms with Crippen molar-refractivity contribution in [2.24, 2.45) is 0 Å². The van der Waals surface area contributed by atoms with Crippen LogP contribution in [0.15, 0.2) is 66.9 Å². The number of nitriles is 4. The summed E-state index contributed by atoms with van der Waals surface area (Å²) in [5, 5.41) is 47.3. The van der Waals surface area contributed by atoms with Crippen LogP contribution in [-0.4, -0.2) is 4.98 Å². The highest BCUT2D eigenvalue weighted by atomic mass is 14.7. The van der Waals surface area contributed by atoms with E-state index >= 15 is 0 Å². The number of hydrogen-bond donors (Lipinski definition) is 0. The first-order valence-corrected chi connectivity index (χ1v) is 10.5. The van der Waals surface area contributed by atoms with E-state index in [0.717, 1.165) is 32.3 Å². The number of pyridine rings is 1. The van der Waals surface area contributed by atoms with Crippen molar-refractivity contribution in [1.82, 2.24) is 4.98 Å². The molecule has 0 N–H and O–H groups in total. The molecule has 0 saturated heterocycles. The van der Waals surface area contributed by atoms with Gasteiger partial charge in [0.25, 0.3) is 0 Å². The maximum Gasteiger partial charge on any atom is 0.102 e. The fourth-order valence-electron chi connectivity index (χ4n) is 5.17. The van der Waals surface area contributed by atoms with Crippen molar-refractivity contribution in [3.05, 3.63) is 89.1 Å². The van der Waals surface area contributed by atoms with Gasteiger partial charge in [0, 0.05) is 33.1 Å². The first-order valence-electron chi connectivity index (χ1n) is 10.5. The number of aromatic nitrogens is 1. The topological polar surface area (TPSA) is 108 Å². The Labute approximate surface area is 193 Å². The van der Waals surface area contributed by atoms with E-state index < -0.39 is 0 Å². The minimum atomic E-state index is -0.0800. The summed E-state index contributed by atoms with van der Waals surface area (Å²) in [5.74, 6) is 0. The van der Waals surface area contributed by atoms with E-state index in [1.54, 1.807) is 12.3 Å². The maximum atomic E-state index is 10.2. The molecule has 0 atom stereocenters. The van der Waals surface area contributed by atoms with Crippen LogP contribution >= 0.6 is 0 Å². The first kappa shape index (κ1) is 19.2.